The van der Waals surface area contributed by atoms with Gasteiger partial charge in [0.25, 0.3) is 0 Å². The van der Waals surface area contributed by atoms with Crippen LogP contribution in [0.1, 0.15) is 27.7 Å². The van der Waals surface area contributed by atoms with Crippen molar-refractivity contribution in [1.29, 1.82) is 0 Å². The molecule has 0 aromatic rings. The van der Waals surface area contributed by atoms with Crippen LogP contribution in [-0.2, 0) is 4.79 Å². The lowest BCUT2D eigenvalue weighted by Gasteiger charge is -2.39. The molecule has 0 radical (unpaired) electrons. The first kappa shape index (κ1) is 11.7. The molecule has 0 fully saturated rings. The molecular weight excluding hydrogens is 168 g/mol. The molecule has 1 atom stereocenters. The van der Waals surface area contributed by atoms with E-state index in [-0.39, 0.29) is 10.6 Å². The van der Waals surface area contributed by atoms with Gasteiger partial charge in [0.1, 0.15) is 0 Å². The molecule has 12 heavy (non-hydrogen) atoms. The molecule has 0 spiro atoms. The van der Waals surface area contributed by atoms with Crippen molar-refractivity contribution in [2.75, 3.05) is 0 Å². The molecule has 0 aliphatic rings. The van der Waals surface area contributed by atoms with E-state index in [0.717, 1.165) is 0 Å². The first-order chi connectivity index (χ1) is 5.10. The summed E-state index contributed by atoms with van der Waals surface area (Å²) in [4.78, 5) is 10.8. The van der Waals surface area contributed by atoms with E-state index in [9.17, 15) is 4.79 Å². The molecule has 0 rings (SSSR count). The van der Waals surface area contributed by atoms with Crippen molar-refractivity contribution in [3.8, 4) is 0 Å². The summed E-state index contributed by atoms with van der Waals surface area (Å²) in [5.41, 5.74) is -0.169. The maximum absolute atomic E-state index is 10.8. The van der Waals surface area contributed by atoms with Gasteiger partial charge in [-0.3, -0.25) is 4.79 Å². The highest BCUT2D eigenvalue weighted by Gasteiger charge is 2.43. The largest absolute Gasteiger partial charge is 0.481 e. The molecule has 0 amide bonds. The summed E-state index contributed by atoms with van der Waals surface area (Å²) < 4.78 is 0. The van der Waals surface area contributed by atoms with Gasteiger partial charge < -0.3 is 5.11 Å². The van der Waals surface area contributed by atoms with Crippen molar-refractivity contribution in [3.05, 3.63) is 0 Å². The quantitative estimate of drug-likeness (QED) is 0.676. The zero-order valence-electron chi connectivity index (χ0n) is 8.93. The van der Waals surface area contributed by atoms with E-state index in [1.807, 2.05) is 6.92 Å². The Labute approximate surface area is 76.0 Å². The SMILES string of the molecule is CC(C(=O)O)[Si](C)(C)C(C)(C)C. The van der Waals surface area contributed by atoms with Gasteiger partial charge in [0.2, 0.25) is 0 Å². The molecule has 0 saturated carbocycles. The summed E-state index contributed by atoms with van der Waals surface area (Å²) in [6.45, 7) is 12.5. The normalized spacial score (nSPS) is 15.8. The Hall–Kier alpha value is -0.313. The molecule has 0 aliphatic heterocycles. The van der Waals surface area contributed by atoms with Crippen molar-refractivity contribution in [2.45, 2.75) is 51.4 Å². The van der Waals surface area contributed by atoms with Crippen LogP contribution in [0.4, 0.5) is 0 Å². The molecule has 0 heterocycles. The van der Waals surface area contributed by atoms with Crippen LogP contribution in [-0.4, -0.2) is 19.1 Å². The zero-order chi connectivity index (χ0) is 10.2. The second-order valence-corrected chi connectivity index (χ2v) is 10.8. The molecule has 0 aliphatic carbocycles. The predicted octanol–water partition coefficient (Wildman–Crippen LogP) is 2.97. The first-order valence-corrected chi connectivity index (χ1v) is 7.41. The van der Waals surface area contributed by atoms with Gasteiger partial charge in [-0.05, 0) is 5.04 Å². The standard InChI is InChI=1S/C9H20O2Si/c1-7(8(10)11)12(5,6)9(2,3)4/h7H,1-6H3,(H,10,11). The van der Waals surface area contributed by atoms with Crippen LogP contribution in [0.3, 0.4) is 0 Å². The van der Waals surface area contributed by atoms with Crippen molar-refractivity contribution in [3.63, 3.8) is 0 Å². The molecule has 1 N–H and O–H groups in total. The third-order valence-electron chi connectivity index (χ3n) is 3.39. The predicted molar refractivity (Wildman–Crippen MR) is 54.3 cm³/mol. The Kier molecular flexibility index (Phi) is 3.12. The Morgan fingerprint density at radius 1 is 1.33 bits per heavy atom. The van der Waals surface area contributed by atoms with Crippen molar-refractivity contribution < 1.29 is 9.90 Å². The summed E-state index contributed by atoms with van der Waals surface area (Å²) in [5.74, 6) is -0.651. The summed E-state index contributed by atoms with van der Waals surface area (Å²) >= 11 is 0. The zero-order valence-corrected chi connectivity index (χ0v) is 9.93. The van der Waals surface area contributed by atoms with Gasteiger partial charge >= 0.3 is 5.97 Å². The lowest BCUT2D eigenvalue weighted by Crippen LogP contribution is -2.44. The summed E-state index contributed by atoms with van der Waals surface area (Å²) in [6, 6.07) is 0. The van der Waals surface area contributed by atoms with Crippen molar-refractivity contribution >= 4 is 14.0 Å². The minimum Gasteiger partial charge on any atom is -0.481 e. The van der Waals surface area contributed by atoms with Crippen molar-refractivity contribution in [1.82, 2.24) is 0 Å². The molecule has 2 nitrogen and oxygen atoms in total. The van der Waals surface area contributed by atoms with E-state index in [2.05, 4.69) is 33.9 Å². The smallest absolute Gasteiger partial charge is 0.303 e. The molecule has 72 valence electrons. The number of carbonyl (C=O) groups is 1. The third-order valence-corrected chi connectivity index (χ3v) is 9.66. The van der Waals surface area contributed by atoms with Crippen LogP contribution in [0.25, 0.3) is 0 Å². The second-order valence-electron chi connectivity index (χ2n) is 5.03. The average molecular weight is 188 g/mol. The van der Waals surface area contributed by atoms with E-state index < -0.39 is 14.0 Å². The van der Waals surface area contributed by atoms with Gasteiger partial charge in [-0.1, -0.05) is 40.8 Å². The Bertz CT molecular complexity index is 179. The molecule has 0 saturated heterocycles. The lowest BCUT2D eigenvalue weighted by molar-refractivity contribution is -0.136. The number of aliphatic carboxylic acids is 1. The number of rotatable bonds is 2. The monoisotopic (exact) mass is 188 g/mol. The Morgan fingerprint density at radius 2 is 1.67 bits per heavy atom. The average Bonchev–Trinajstić information content (AvgIpc) is 1.83. The van der Waals surface area contributed by atoms with Gasteiger partial charge in [0.05, 0.1) is 8.07 Å². The highest BCUT2D eigenvalue weighted by atomic mass is 28.3. The maximum Gasteiger partial charge on any atom is 0.303 e. The third kappa shape index (κ3) is 2.09. The minimum atomic E-state index is -1.67. The van der Waals surface area contributed by atoms with Gasteiger partial charge in [0.15, 0.2) is 0 Å². The highest BCUT2D eigenvalue weighted by Crippen LogP contribution is 2.43. The van der Waals surface area contributed by atoms with Crippen molar-refractivity contribution in [2.24, 2.45) is 0 Å². The Morgan fingerprint density at radius 3 is 1.75 bits per heavy atom. The fourth-order valence-corrected chi connectivity index (χ4v) is 2.87. The number of carboxylic acids is 1. The van der Waals surface area contributed by atoms with Gasteiger partial charge in [-0.25, -0.2) is 0 Å². The van der Waals surface area contributed by atoms with Gasteiger partial charge in [0, 0.05) is 5.54 Å². The summed E-state index contributed by atoms with van der Waals surface area (Å²) in [7, 11) is -1.67. The minimum absolute atomic E-state index is 0.158. The molecule has 0 aromatic heterocycles. The van der Waals surface area contributed by atoms with Gasteiger partial charge in [-0.2, -0.15) is 0 Å². The van der Waals surface area contributed by atoms with Crippen LogP contribution in [0.5, 0.6) is 0 Å². The fraction of sp³-hybridized carbons (Fsp3) is 0.889. The number of carboxylic acid groups (broad SMARTS) is 1. The van der Waals surface area contributed by atoms with Crippen LogP contribution < -0.4 is 0 Å². The molecule has 1 unspecified atom stereocenters. The number of hydrogen-bond donors (Lipinski definition) is 1. The Balaban J connectivity index is 4.73. The topological polar surface area (TPSA) is 37.3 Å². The lowest BCUT2D eigenvalue weighted by atomic mass is 10.2. The highest BCUT2D eigenvalue weighted by molar-refractivity contribution is 6.83. The maximum atomic E-state index is 10.8. The summed E-state index contributed by atoms with van der Waals surface area (Å²) in [5, 5.41) is 9.07. The van der Waals surface area contributed by atoms with E-state index in [4.69, 9.17) is 5.11 Å². The molecule has 3 heteroatoms. The van der Waals surface area contributed by atoms with Crippen LogP contribution in [0.2, 0.25) is 23.7 Å². The number of hydrogen-bond acceptors (Lipinski definition) is 1. The van der Waals surface area contributed by atoms with E-state index in [1.165, 1.54) is 0 Å². The van der Waals surface area contributed by atoms with Crippen LogP contribution in [0, 0.1) is 0 Å². The van der Waals surface area contributed by atoms with E-state index in [1.54, 1.807) is 0 Å². The van der Waals surface area contributed by atoms with Crippen LogP contribution >= 0.6 is 0 Å². The summed E-state index contributed by atoms with van der Waals surface area (Å²) in [6.07, 6.45) is 0. The molecule has 0 aromatic carbocycles. The first-order valence-electron chi connectivity index (χ1n) is 4.33. The molecule has 0 bridgehead atoms. The molecular formula is C9H20O2Si. The van der Waals surface area contributed by atoms with E-state index in [0.29, 0.717) is 0 Å². The fourth-order valence-electron chi connectivity index (χ4n) is 0.958. The second kappa shape index (κ2) is 3.21. The van der Waals surface area contributed by atoms with E-state index >= 15 is 0 Å². The van der Waals surface area contributed by atoms with Crippen LogP contribution in [0.15, 0.2) is 0 Å². The van der Waals surface area contributed by atoms with Gasteiger partial charge in [-0.15, -0.1) is 0 Å².